The molecule has 0 aliphatic carbocycles. The lowest BCUT2D eigenvalue weighted by atomic mass is 10.4. The van der Waals surface area contributed by atoms with Gasteiger partial charge < -0.3 is 14.6 Å². The molecule has 20 heavy (non-hydrogen) atoms. The van der Waals surface area contributed by atoms with Crippen LogP contribution in [0.1, 0.15) is 0 Å². The van der Waals surface area contributed by atoms with E-state index in [9.17, 15) is 4.79 Å². The third kappa shape index (κ3) is 4.17. The second-order valence-corrected chi connectivity index (χ2v) is 5.41. The number of halogens is 2. The molecule has 0 spiro atoms. The number of ether oxygens (including phenoxy) is 2. The maximum Gasteiger partial charge on any atom is 0.387 e. The monoisotopic (exact) mass is 402 g/mol. The Balaban J connectivity index is 2.13. The number of aliphatic carboxylic acids is 1. The van der Waals surface area contributed by atoms with Crippen LogP contribution in [0, 0.1) is 0 Å². The van der Waals surface area contributed by atoms with Gasteiger partial charge in [0.25, 0.3) is 0 Å². The molecule has 0 aliphatic rings. The minimum atomic E-state index is -1.50. The summed E-state index contributed by atoms with van der Waals surface area (Å²) in [6.07, 6.45) is 4.40. The molecular formula is C12H8Br2N2O4. The van der Waals surface area contributed by atoms with Gasteiger partial charge in [-0.25, -0.2) is 4.79 Å². The van der Waals surface area contributed by atoms with Gasteiger partial charge in [-0.15, -0.1) is 0 Å². The van der Waals surface area contributed by atoms with Gasteiger partial charge in [0.05, 0.1) is 12.4 Å². The van der Waals surface area contributed by atoms with E-state index in [1.165, 1.54) is 12.4 Å². The molecule has 0 saturated carbocycles. The van der Waals surface area contributed by atoms with Gasteiger partial charge in [0, 0.05) is 21.3 Å². The lowest BCUT2D eigenvalue weighted by Crippen LogP contribution is -2.33. The molecule has 2 aromatic heterocycles. The quantitative estimate of drug-likeness (QED) is 0.773. The standard InChI is InChI=1S/C12H8Br2N2O4/c13-7-1-9(5-15-3-7)19-12(11(17)18)20-10-2-8(14)4-16-6-10/h1-6,12H,(H,17,18). The van der Waals surface area contributed by atoms with Crippen LogP contribution in [0.15, 0.2) is 45.9 Å². The van der Waals surface area contributed by atoms with E-state index in [4.69, 9.17) is 14.6 Å². The molecule has 0 radical (unpaired) electrons. The number of pyridine rings is 2. The van der Waals surface area contributed by atoms with Gasteiger partial charge in [-0.2, -0.15) is 0 Å². The highest BCUT2D eigenvalue weighted by molar-refractivity contribution is 9.10. The fraction of sp³-hybridized carbons (Fsp3) is 0.0833. The van der Waals surface area contributed by atoms with E-state index in [2.05, 4.69) is 41.8 Å². The lowest BCUT2D eigenvalue weighted by Gasteiger charge is -2.16. The molecule has 0 aromatic carbocycles. The van der Waals surface area contributed by atoms with Crippen LogP contribution in [-0.2, 0) is 4.79 Å². The van der Waals surface area contributed by atoms with Crippen molar-refractivity contribution in [1.29, 1.82) is 0 Å². The summed E-state index contributed by atoms with van der Waals surface area (Å²) in [4.78, 5) is 18.9. The highest BCUT2D eigenvalue weighted by atomic mass is 79.9. The van der Waals surface area contributed by atoms with Gasteiger partial charge in [-0.05, 0) is 44.0 Å². The molecule has 2 heterocycles. The smallest absolute Gasteiger partial charge is 0.387 e. The fourth-order valence-electron chi connectivity index (χ4n) is 1.29. The van der Waals surface area contributed by atoms with Crippen molar-refractivity contribution in [3.05, 3.63) is 45.9 Å². The molecule has 0 saturated heterocycles. The number of hydrogen-bond donors (Lipinski definition) is 1. The molecule has 6 nitrogen and oxygen atoms in total. The third-order valence-corrected chi connectivity index (χ3v) is 2.91. The van der Waals surface area contributed by atoms with Crippen molar-refractivity contribution < 1.29 is 19.4 Å². The summed E-state index contributed by atoms with van der Waals surface area (Å²) >= 11 is 6.44. The topological polar surface area (TPSA) is 81.5 Å². The molecule has 8 heteroatoms. The lowest BCUT2D eigenvalue weighted by molar-refractivity contribution is -0.158. The van der Waals surface area contributed by atoms with Gasteiger partial charge in [-0.3, -0.25) is 9.97 Å². The average Bonchev–Trinajstić information content (AvgIpc) is 2.38. The molecule has 0 unspecified atom stereocenters. The summed E-state index contributed by atoms with van der Waals surface area (Å²) < 4.78 is 11.8. The first-order valence-corrected chi connectivity index (χ1v) is 6.90. The van der Waals surface area contributed by atoms with E-state index in [0.717, 1.165) is 0 Å². The number of carbonyl (C=O) groups is 1. The van der Waals surface area contributed by atoms with Crippen LogP contribution in [0.3, 0.4) is 0 Å². The van der Waals surface area contributed by atoms with Crippen molar-refractivity contribution in [2.75, 3.05) is 0 Å². The summed E-state index contributed by atoms with van der Waals surface area (Å²) in [5.41, 5.74) is 0. The van der Waals surface area contributed by atoms with Crippen LogP contribution in [0.2, 0.25) is 0 Å². The Hall–Kier alpha value is -1.67. The van der Waals surface area contributed by atoms with Crippen LogP contribution >= 0.6 is 31.9 Å². The van der Waals surface area contributed by atoms with Crippen LogP contribution in [0.5, 0.6) is 11.5 Å². The van der Waals surface area contributed by atoms with E-state index >= 15 is 0 Å². The molecule has 0 atom stereocenters. The van der Waals surface area contributed by atoms with Crippen LogP contribution in [-0.4, -0.2) is 27.3 Å². The molecule has 0 fully saturated rings. The van der Waals surface area contributed by atoms with Crippen molar-refractivity contribution >= 4 is 37.8 Å². The Kier molecular flexibility index (Phi) is 4.91. The van der Waals surface area contributed by atoms with E-state index in [1.54, 1.807) is 24.5 Å². The second kappa shape index (κ2) is 6.67. The van der Waals surface area contributed by atoms with Crippen LogP contribution in [0.4, 0.5) is 0 Å². The third-order valence-electron chi connectivity index (χ3n) is 2.05. The minimum Gasteiger partial charge on any atom is -0.476 e. The van der Waals surface area contributed by atoms with Gasteiger partial charge in [0.1, 0.15) is 11.5 Å². The molecule has 0 amide bonds. The van der Waals surface area contributed by atoms with E-state index in [0.29, 0.717) is 8.95 Å². The maximum atomic E-state index is 11.2. The number of carboxylic acid groups (broad SMARTS) is 1. The number of aromatic nitrogens is 2. The van der Waals surface area contributed by atoms with Crippen LogP contribution in [0.25, 0.3) is 0 Å². The first-order chi connectivity index (χ1) is 9.54. The highest BCUT2D eigenvalue weighted by Crippen LogP contribution is 2.20. The Morgan fingerprint density at radius 1 is 1.00 bits per heavy atom. The fourth-order valence-corrected chi connectivity index (χ4v) is 1.97. The molecule has 2 rings (SSSR count). The molecule has 2 aromatic rings. The number of carboxylic acids is 1. The molecule has 0 aliphatic heterocycles. The zero-order chi connectivity index (χ0) is 14.5. The normalized spacial score (nSPS) is 10.3. The summed E-state index contributed by atoms with van der Waals surface area (Å²) in [5, 5.41) is 9.12. The first kappa shape index (κ1) is 14.7. The summed E-state index contributed by atoms with van der Waals surface area (Å²) in [5.74, 6) is -0.714. The minimum absolute atomic E-state index is 0.273. The second-order valence-electron chi connectivity index (χ2n) is 3.58. The largest absolute Gasteiger partial charge is 0.476 e. The zero-order valence-electron chi connectivity index (χ0n) is 9.86. The summed E-state index contributed by atoms with van der Waals surface area (Å²) in [6.45, 7) is 0. The Morgan fingerprint density at radius 2 is 1.45 bits per heavy atom. The van der Waals surface area contributed by atoms with Gasteiger partial charge in [-0.1, -0.05) is 0 Å². The maximum absolute atomic E-state index is 11.2. The van der Waals surface area contributed by atoms with Crippen molar-refractivity contribution in [1.82, 2.24) is 9.97 Å². The molecular weight excluding hydrogens is 396 g/mol. The van der Waals surface area contributed by atoms with Crippen molar-refractivity contribution in [3.8, 4) is 11.5 Å². The Labute approximate surface area is 131 Å². The molecule has 1 N–H and O–H groups in total. The zero-order valence-corrected chi connectivity index (χ0v) is 13.0. The van der Waals surface area contributed by atoms with Gasteiger partial charge in [0.15, 0.2) is 0 Å². The van der Waals surface area contributed by atoms with E-state index < -0.39 is 12.3 Å². The Morgan fingerprint density at radius 3 is 1.80 bits per heavy atom. The number of nitrogens with zero attached hydrogens (tertiary/aromatic N) is 2. The SMILES string of the molecule is O=C(O)C(Oc1cncc(Br)c1)Oc1cncc(Br)c1. The highest BCUT2D eigenvalue weighted by Gasteiger charge is 2.22. The predicted molar refractivity (Wildman–Crippen MR) is 76.6 cm³/mol. The first-order valence-electron chi connectivity index (χ1n) is 5.32. The number of hydrogen-bond acceptors (Lipinski definition) is 5. The predicted octanol–water partition coefficient (Wildman–Crippen LogP) is 2.87. The molecule has 0 bridgehead atoms. The van der Waals surface area contributed by atoms with Gasteiger partial charge >= 0.3 is 12.3 Å². The van der Waals surface area contributed by atoms with Gasteiger partial charge in [0.2, 0.25) is 0 Å². The summed E-state index contributed by atoms with van der Waals surface area (Å²) in [7, 11) is 0. The Bertz CT molecular complexity index is 576. The van der Waals surface area contributed by atoms with Crippen molar-refractivity contribution in [2.24, 2.45) is 0 Å². The summed E-state index contributed by atoms with van der Waals surface area (Å²) in [6, 6.07) is 3.18. The van der Waals surface area contributed by atoms with E-state index in [-0.39, 0.29) is 11.5 Å². The van der Waals surface area contributed by atoms with Crippen LogP contribution < -0.4 is 9.47 Å². The van der Waals surface area contributed by atoms with Crippen molar-refractivity contribution in [3.63, 3.8) is 0 Å². The van der Waals surface area contributed by atoms with E-state index in [1.807, 2.05) is 0 Å². The number of rotatable bonds is 5. The van der Waals surface area contributed by atoms with Crippen molar-refractivity contribution in [2.45, 2.75) is 6.29 Å². The average molecular weight is 404 g/mol. The molecule has 104 valence electrons.